The number of hydrogen-bond acceptors (Lipinski definition) is 12. The molecule has 0 unspecified atom stereocenters. The van der Waals surface area contributed by atoms with E-state index < -0.39 is 96.6 Å². The fourth-order valence-electron chi connectivity index (χ4n) is 7.53. The van der Waals surface area contributed by atoms with Crippen molar-refractivity contribution in [3.05, 3.63) is 35.1 Å². The molecule has 1 spiro atoms. The molecule has 5 N–H and O–H groups in total. The summed E-state index contributed by atoms with van der Waals surface area (Å²) in [5.41, 5.74) is -0.348. The van der Waals surface area contributed by atoms with Crippen molar-refractivity contribution < 1.29 is 73.2 Å². The number of carbonyl (C=O) groups is 6. The van der Waals surface area contributed by atoms with E-state index in [4.69, 9.17) is 29.2 Å². The summed E-state index contributed by atoms with van der Waals surface area (Å²) in [4.78, 5) is 72.5. The molecule has 0 aromatic heterocycles. The van der Waals surface area contributed by atoms with Crippen molar-refractivity contribution in [2.24, 2.45) is 11.8 Å². The van der Waals surface area contributed by atoms with Gasteiger partial charge >= 0.3 is 29.8 Å². The van der Waals surface area contributed by atoms with Gasteiger partial charge in [0.1, 0.15) is 11.5 Å². The Morgan fingerprint density at radius 2 is 1.76 bits per heavy atom. The van der Waals surface area contributed by atoms with Crippen LogP contribution in [0.3, 0.4) is 0 Å². The Bertz CT molecular complexity index is 1510. The van der Waals surface area contributed by atoms with Gasteiger partial charge in [-0.15, -0.1) is 0 Å². The van der Waals surface area contributed by atoms with Crippen molar-refractivity contribution in [2.45, 2.75) is 87.1 Å². The predicted molar refractivity (Wildman–Crippen MR) is 150 cm³/mol. The number of carboxylic acids is 3. The highest BCUT2D eigenvalue weighted by Crippen LogP contribution is 2.67. The number of Topliss-reactive ketones (excluding diaryl/α,β-unsaturated/α-hetero) is 1. The van der Waals surface area contributed by atoms with Gasteiger partial charge in [-0.25, -0.2) is 9.59 Å². The zero-order valence-corrected chi connectivity index (χ0v) is 24.8. The molecule has 1 fully saturated rings. The first kappa shape index (κ1) is 32.9. The van der Waals surface area contributed by atoms with E-state index in [0.717, 1.165) is 24.0 Å². The van der Waals surface area contributed by atoms with Crippen LogP contribution in [0.5, 0.6) is 11.5 Å². The van der Waals surface area contributed by atoms with Crippen LogP contribution in [0.25, 0.3) is 0 Å². The number of hydrogen-bond donors (Lipinski definition) is 5. The number of aliphatic carboxylic acids is 3. The number of ether oxygens (including phenoxy) is 4. The molecule has 1 aromatic carbocycles. The third-order valence-corrected chi connectivity index (χ3v) is 9.52. The highest BCUT2D eigenvalue weighted by atomic mass is 16.6. The Morgan fingerprint density at radius 3 is 2.41 bits per heavy atom. The maximum absolute atomic E-state index is 13.4. The maximum atomic E-state index is 13.4. The molecule has 1 aliphatic heterocycles. The van der Waals surface area contributed by atoms with Crippen LogP contribution < -0.4 is 9.47 Å². The van der Waals surface area contributed by atoms with Crippen LogP contribution in [0.2, 0.25) is 0 Å². The molecular weight excluding hydrogens is 612 g/mol. The molecule has 15 heteroatoms. The molecule has 0 radical (unpaired) electrons. The lowest BCUT2D eigenvalue weighted by molar-refractivity contribution is -0.172. The monoisotopic (exact) mass is 646 g/mol. The Hall–Kier alpha value is -4.50. The van der Waals surface area contributed by atoms with E-state index in [1.54, 1.807) is 12.1 Å². The summed E-state index contributed by atoms with van der Waals surface area (Å²) in [5.74, 6) is -9.33. The lowest BCUT2D eigenvalue weighted by Crippen LogP contribution is -2.67. The molecule has 1 saturated carbocycles. The number of rotatable bonds is 14. The average Bonchev–Trinajstić information content (AvgIpc) is 3.32. The molecule has 4 aliphatic rings. The van der Waals surface area contributed by atoms with E-state index in [2.05, 4.69) is 0 Å². The Kier molecular flexibility index (Phi) is 8.84. The summed E-state index contributed by atoms with van der Waals surface area (Å²) in [6, 6.07) is 3.72. The number of ketones is 1. The van der Waals surface area contributed by atoms with Crippen LogP contribution in [0.4, 0.5) is 0 Å². The smallest absolute Gasteiger partial charge is 0.345 e. The second-order valence-corrected chi connectivity index (χ2v) is 12.2. The third kappa shape index (κ3) is 5.57. The molecule has 1 aromatic rings. The van der Waals surface area contributed by atoms with Crippen molar-refractivity contribution in [1.82, 2.24) is 0 Å². The van der Waals surface area contributed by atoms with E-state index in [0.29, 0.717) is 24.3 Å². The van der Waals surface area contributed by atoms with E-state index in [-0.39, 0.29) is 18.1 Å². The van der Waals surface area contributed by atoms with Crippen molar-refractivity contribution in [3.8, 4) is 11.5 Å². The minimum absolute atomic E-state index is 0.0652. The first-order chi connectivity index (χ1) is 21.7. The second-order valence-electron chi connectivity index (χ2n) is 12.2. The molecule has 0 saturated heterocycles. The van der Waals surface area contributed by atoms with Crippen molar-refractivity contribution in [2.75, 3.05) is 7.11 Å². The molecule has 0 amide bonds. The van der Waals surface area contributed by atoms with E-state index >= 15 is 0 Å². The molecule has 5 rings (SSSR count). The van der Waals surface area contributed by atoms with Crippen LogP contribution in [0.1, 0.15) is 62.5 Å². The summed E-state index contributed by atoms with van der Waals surface area (Å²) < 4.78 is 22.5. The van der Waals surface area contributed by atoms with Gasteiger partial charge in [-0.2, -0.15) is 0 Å². The second kappa shape index (κ2) is 12.4. The third-order valence-electron chi connectivity index (χ3n) is 9.52. The van der Waals surface area contributed by atoms with Crippen molar-refractivity contribution in [3.63, 3.8) is 0 Å². The molecule has 15 nitrogen and oxygen atoms in total. The molecule has 2 bridgehead atoms. The van der Waals surface area contributed by atoms with Crippen LogP contribution in [-0.2, 0) is 50.1 Å². The lowest BCUT2D eigenvalue weighted by Gasteiger charge is -2.59. The summed E-state index contributed by atoms with van der Waals surface area (Å²) in [5, 5.41) is 49.0. The first-order valence-electron chi connectivity index (χ1n) is 14.8. The van der Waals surface area contributed by atoms with Crippen LogP contribution >= 0.6 is 0 Å². The minimum atomic E-state index is -2.14. The lowest BCUT2D eigenvalue weighted by atomic mass is 9.47. The fourth-order valence-corrected chi connectivity index (χ4v) is 7.53. The van der Waals surface area contributed by atoms with Crippen LogP contribution in [0, 0.1) is 11.8 Å². The van der Waals surface area contributed by atoms with Gasteiger partial charge in [0, 0.05) is 18.4 Å². The highest BCUT2D eigenvalue weighted by molar-refractivity contribution is 5.91. The van der Waals surface area contributed by atoms with Crippen LogP contribution in [0.15, 0.2) is 24.0 Å². The largest absolute Gasteiger partial charge is 0.493 e. The SMILES string of the molecule is COc1ccc2c3c1O[C@@H]1C(OC(=O)C[C@H](CC(=O)C[C@H](O)C(=O)O)C(=O)O[C@H](CC(=O)O)C(=O)O)=CC[C@]4(O)[C@@H](CCC[C@@]314)C2. The molecule has 3 aliphatic carbocycles. The van der Waals surface area contributed by atoms with Gasteiger partial charge in [0.25, 0.3) is 0 Å². The predicted octanol–water partition coefficient (Wildman–Crippen LogP) is 0.884. The van der Waals surface area contributed by atoms with E-state index in [1.807, 2.05) is 6.07 Å². The average molecular weight is 647 g/mol. The zero-order chi connectivity index (χ0) is 33.6. The van der Waals surface area contributed by atoms with E-state index in [9.17, 15) is 44.1 Å². The van der Waals surface area contributed by atoms with E-state index in [1.165, 1.54) is 7.11 Å². The van der Waals surface area contributed by atoms with Gasteiger partial charge < -0.3 is 44.5 Å². The molecule has 1 heterocycles. The maximum Gasteiger partial charge on any atom is 0.345 e. The van der Waals surface area contributed by atoms with Gasteiger partial charge in [-0.05, 0) is 49.3 Å². The quantitative estimate of drug-likeness (QED) is 0.176. The summed E-state index contributed by atoms with van der Waals surface area (Å²) in [7, 11) is 1.48. The standard InChI is InChI=1S/C31H34O15/c1-43-19-5-4-14-9-16-3-2-7-30-24(14)25(19)46-26(30)20(6-8-31(16,30)42)44-23(36)11-15(10-17(32)12-18(33)27(37)38)29(41)45-21(28(39)40)13-22(34)35/h4-6,15-16,18,21,26,33,42H,2-3,7-13H2,1H3,(H,34,35)(H,37,38)(H,39,40)/t15-,16-,18-,21+,26+,30+,31-/m0/s1. The number of carbonyl (C=O) groups excluding carboxylic acids is 3. The highest BCUT2D eigenvalue weighted by Gasteiger charge is 2.71. The normalized spacial score (nSPS) is 27.1. The van der Waals surface area contributed by atoms with Crippen molar-refractivity contribution in [1.29, 1.82) is 0 Å². The number of benzene rings is 1. The van der Waals surface area contributed by atoms with Gasteiger partial charge in [-0.3, -0.25) is 19.2 Å². The zero-order valence-electron chi connectivity index (χ0n) is 24.8. The van der Waals surface area contributed by atoms with Crippen molar-refractivity contribution >= 4 is 35.6 Å². The molecular formula is C31H34O15. The topological polar surface area (TPSA) is 240 Å². The van der Waals surface area contributed by atoms with Gasteiger partial charge in [0.05, 0.1) is 36.9 Å². The van der Waals surface area contributed by atoms with Gasteiger partial charge in [0.2, 0.25) is 6.10 Å². The summed E-state index contributed by atoms with van der Waals surface area (Å²) in [6.45, 7) is 0. The number of aliphatic hydroxyl groups excluding tert-OH is 1. The van der Waals surface area contributed by atoms with Gasteiger partial charge in [-0.1, -0.05) is 12.5 Å². The number of methoxy groups -OCH3 is 1. The Morgan fingerprint density at radius 1 is 1.02 bits per heavy atom. The molecule has 248 valence electrons. The summed E-state index contributed by atoms with van der Waals surface area (Å²) >= 11 is 0. The first-order valence-corrected chi connectivity index (χ1v) is 14.8. The summed E-state index contributed by atoms with van der Waals surface area (Å²) in [6.07, 6.45) is -4.45. The number of esters is 2. The van der Waals surface area contributed by atoms with Gasteiger partial charge in [0.15, 0.2) is 23.7 Å². The number of carboxylic acid groups (broad SMARTS) is 3. The van der Waals surface area contributed by atoms with Crippen LogP contribution in [-0.4, -0.2) is 92.2 Å². The minimum Gasteiger partial charge on any atom is -0.493 e. The molecule has 7 atom stereocenters. The number of aliphatic hydroxyl groups is 2. The Balaban J connectivity index is 1.40. The Labute approximate surface area is 261 Å². The molecule has 46 heavy (non-hydrogen) atoms. The fraction of sp³-hybridized carbons (Fsp3) is 0.548.